The number of carbonyl (C=O) groups is 1. The van der Waals surface area contributed by atoms with E-state index in [1.165, 1.54) is 6.33 Å². The molecule has 0 saturated heterocycles. The Labute approximate surface area is 139 Å². The average Bonchev–Trinajstić information content (AvgIpc) is 3.19. The third kappa shape index (κ3) is 3.37. The van der Waals surface area contributed by atoms with E-state index >= 15 is 0 Å². The maximum Gasteiger partial charge on any atom is 0.322 e. The Morgan fingerprint density at radius 3 is 3.04 bits per heavy atom. The fraction of sp³-hybridized carbons (Fsp3) is 0.312. The van der Waals surface area contributed by atoms with Gasteiger partial charge in [-0.1, -0.05) is 37.1 Å². The summed E-state index contributed by atoms with van der Waals surface area (Å²) in [5, 5.41) is 7.45. The number of hydrogen-bond donors (Lipinski definition) is 1. The summed E-state index contributed by atoms with van der Waals surface area (Å²) in [6.45, 7) is 2.76. The smallest absolute Gasteiger partial charge is 0.314 e. The summed E-state index contributed by atoms with van der Waals surface area (Å²) in [5.74, 6) is 0. The zero-order valence-electron chi connectivity index (χ0n) is 12.8. The lowest BCUT2D eigenvalue weighted by Crippen LogP contribution is -2.39. The lowest BCUT2D eigenvalue weighted by atomic mass is 10.2. The molecule has 1 aromatic heterocycles. The first-order chi connectivity index (χ1) is 11.2. The SMILES string of the molecule is CCC[C@@H]1C=CCN1C(=O)Nc1ccc(-n2cncn2)c(Cl)c1. The molecule has 120 valence electrons. The highest BCUT2D eigenvalue weighted by Crippen LogP contribution is 2.24. The van der Waals surface area contributed by atoms with Gasteiger partial charge in [-0.15, -0.1) is 0 Å². The number of carbonyl (C=O) groups excluding carboxylic acids is 1. The topological polar surface area (TPSA) is 63.1 Å². The number of benzene rings is 1. The summed E-state index contributed by atoms with van der Waals surface area (Å²) in [6.07, 6.45) is 9.14. The van der Waals surface area contributed by atoms with Crippen LogP contribution >= 0.6 is 11.6 Å². The van der Waals surface area contributed by atoms with Crippen molar-refractivity contribution >= 4 is 23.3 Å². The first-order valence-corrected chi connectivity index (χ1v) is 7.95. The Morgan fingerprint density at radius 2 is 2.35 bits per heavy atom. The van der Waals surface area contributed by atoms with Gasteiger partial charge < -0.3 is 10.2 Å². The van der Waals surface area contributed by atoms with Crippen molar-refractivity contribution in [1.82, 2.24) is 19.7 Å². The number of hydrogen-bond acceptors (Lipinski definition) is 3. The Balaban J connectivity index is 1.71. The molecule has 1 atom stereocenters. The molecule has 2 heterocycles. The molecule has 1 aliphatic rings. The van der Waals surface area contributed by atoms with Crippen molar-refractivity contribution < 1.29 is 4.79 Å². The number of nitrogens with one attached hydrogen (secondary N) is 1. The molecule has 3 rings (SSSR count). The van der Waals surface area contributed by atoms with Crippen molar-refractivity contribution in [2.45, 2.75) is 25.8 Å². The first-order valence-electron chi connectivity index (χ1n) is 7.58. The molecule has 1 N–H and O–H groups in total. The minimum atomic E-state index is -0.113. The first kappa shape index (κ1) is 15.6. The molecule has 2 aromatic rings. The van der Waals surface area contributed by atoms with Gasteiger partial charge in [-0.05, 0) is 24.6 Å². The minimum Gasteiger partial charge on any atom is -0.314 e. The number of nitrogens with zero attached hydrogens (tertiary/aromatic N) is 4. The third-order valence-corrected chi connectivity index (χ3v) is 4.07. The summed E-state index contributed by atoms with van der Waals surface area (Å²) < 4.78 is 1.58. The molecule has 1 aromatic carbocycles. The van der Waals surface area contributed by atoms with Gasteiger partial charge in [0.15, 0.2) is 0 Å². The average molecular weight is 332 g/mol. The van der Waals surface area contributed by atoms with E-state index in [0.717, 1.165) is 12.8 Å². The van der Waals surface area contributed by atoms with Gasteiger partial charge in [0, 0.05) is 12.2 Å². The van der Waals surface area contributed by atoms with Gasteiger partial charge in [0.2, 0.25) is 0 Å². The van der Waals surface area contributed by atoms with Crippen LogP contribution in [0.3, 0.4) is 0 Å². The number of halogens is 1. The number of amides is 2. The van der Waals surface area contributed by atoms with E-state index in [-0.39, 0.29) is 12.1 Å². The summed E-state index contributed by atoms with van der Waals surface area (Å²) in [7, 11) is 0. The van der Waals surface area contributed by atoms with Crippen LogP contribution in [0.4, 0.5) is 10.5 Å². The number of aromatic nitrogens is 3. The molecule has 7 heteroatoms. The molecule has 0 radical (unpaired) electrons. The zero-order chi connectivity index (χ0) is 16.2. The van der Waals surface area contributed by atoms with Crippen LogP contribution in [-0.4, -0.2) is 38.3 Å². The van der Waals surface area contributed by atoms with Gasteiger partial charge in [-0.25, -0.2) is 14.5 Å². The normalized spacial score (nSPS) is 16.8. The largest absolute Gasteiger partial charge is 0.322 e. The minimum absolute atomic E-state index is 0.113. The van der Waals surface area contributed by atoms with E-state index in [0.29, 0.717) is 22.9 Å². The van der Waals surface area contributed by atoms with Crippen LogP contribution in [0.15, 0.2) is 43.0 Å². The zero-order valence-corrected chi connectivity index (χ0v) is 13.6. The summed E-state index contributed by atoms with van der Waals surface area (Å²) >= 11 is 6.28. The molecule has 0 bridgehead atoms. The highest BCUT2D eigenvalue weighted by atomic mass is 35.5. The van der Waals surface area contributed by atoms with Crippen LogP contribution in [0.1, 0.15) is 19.8 Å². The van der Waals surface area contributed by atoms with E-state index < -0.39 is 0 Å². The van der Waals surface area contributed by atoms with Gasteiger partial charge in [-0.2, -0.15) is 5.10 Å². The lowest BCUT2D eigenvalue weighted by Gasteiger charge is -2.24. The van der Waals surface area contributed by atoms with Crippen molar-refractivity contribution in [2.75, 3.05) is 11.9 Å². The van der Waals surface area contributed by atoms with Crippen molar-refractivity contribution in [1.29, 1.82) is 0 Å². The molecule has 0 saturated carbocycles. The molecule has 0 spiro atoms. The molecule has 23 heavy (non-hydrogen) atoms. The number of rotatable bonds is 4. The van der Waals surface area contributed by atoms with Crippen molar-refractivity contribution in [2.24, 2.45) is 0 Å². The predicted molar refractivity (Wildman–Crippen MR) is 89.9 cm³/mol. The van der Waals surface area contributed by atoms with Gasteiger partial charge in [0.05, 0.1) is 16.8 Å². The summed E-state index contributed by atoms with van der Waals surface area (Å²) in [5.41, 5.74) is 1.37. The van der Waals surface area contributed by atoms with Gasteiger partial charge in [-0.3, -0.25) is 0 Å². The van der Waals surface area contributed by atoms with Crippen molar-refractivity contribution in [3.05, 3.63) is 48.0 Å². The van der Waals surface area contributed by atoms with Crippen LogP contribution < -0.4 is 5.32 Å². The van der Waals surface area contributed by atoms with E-state index in [2.05, 4.69) is 28.4 Å². The maximum atomic E-state index is 12.4. The Bertz CT molecular complexity index is 713. The molecule has 1 aliphatic heterocycles. The van der Waals surface area contributed by atoms with E-state index in [9.17, 15) is 4.79 Å². The second-order valence-corrected chi connectivity index (χ2v) is 5.78. The van der Waals surface area contributed by atoms with Crippen molar-refractivity contribution in [3.63, 3.8) is 0 Å². The third-order valence-electron chi connectivity index (χ3n) is 3.77. The molecule has 2 amide bonds. The van der Waals surface area contributed by atoms with Crippen LogP contribution in [0, 0.1) is 0 Å². The van der Waals surface area contributed by atoms with E-state index in [4.69, 9.17) is 11.6 Å². The van der Waals surface area contributed by atoms with Crippen LogP contribution in [0.25, 0.3) is 5.69 Å². The number of urea groups is 1. The van der Waals surface area contributed by atoms with E-state index in [1.807, 2.05) is 11.0 Å². The molecular formula is C16H18ClN5O. The molecule has 6 nitrogen and oxygen atoms in total. The molecule has 0 unspecified atom stereocenters. The van der Waals surface area contributed by atoms with Crippen LogP contribution in [0.2, 0.25) is 5.02 Å². The van der Waals surface area contributed by atoms with Gasteiger partial charge in [0.1, 0.15) is 12.7 Å². The standard InChI is InChI=1S/C16H18ClN5O/c1-2-4-13-5-3-8-21(13)16(23)20-12-6-7-15(14(17)9-12)22-11-18-10-19-22/h3,5-7,9-11,13H,2,4,8H2,1H3,(H,20,23)/t13-/m1/s1. The Hall–Kier alpha value is -2.34. The second-order valence-electron chi connectivity index (χ2n) is 5.37. The van der Waals surface area contributed by atoms with Crippen LogP contribution in [0.5, 0.6) is 0 Å². The highest BCUT2D eigenvalue weighted by Gasteiger charge is 2.24. The monoisotopic (exact) mass is 331 g/mol. The number of anilines is 1. The summed E-state index contributed by atoms with van der Waals surface area (Å²) in [4.78, 5) is 18.1. The van der Waals surface area contributed by atoms with Crippen molar-refractivity contribution in [3.8, 4) is 5.69 Å². The quantitative estimate of drug-likeness (QED) is 0.872. The summed E-state index contributed by atoms with van der Waals surface area (Å²) in [6, 6.07) is 5.38. The Morgan fingerprint density at radius 1 is 1.48 bits per heavy atom. The molecule has 0 aliphatic carbocycles. The van der Waals surface area contributed by atoms with Gasteiger partial charge >= 0.3 is 6.03 Å². The molecular weight excluding hydrogens is 314 g/mol. The lowest BCUT2D eigenvalue weighted by molar-refractivity contribution is 0.208. The highest BCUT2D eigenvalue weighted by molar-refractivity contribution is 6.32. The fourth-order valence-electron chi connectivity index (χ4n) is 2.65. The molecule has 0 fully saturated rings. The fourth-order valence-corrected chi connectivity index (χ4v) is 2.92. The predicted octanol–water partition coefficient (Wildman–Crippen LogP) is 3.49. The van der Waals surface area contributed by atoms with E-state index in [1.54, 1.807) is 29.2 Å². The van der Waals surface area contributed by atoms with Gasteiger partial charge in [0.25, 0.3) is 0 Å². The maximum absolute atomic E-state index is 12.4. The van der Waals surface area contributed by atoms with Crippen LogP contribution in [-0.2, 0) is 0 Å². The second kappa shape index (κ2) is 6.83. The Kier molecular flexibility index (Phi) is 4.62.